The molecule has 2 rings (SSSR count). The van der Waals surface area contributed by atoms with Gasteiger partial charge in [0.15, 0.2) is 11.6 Å². The molecule has 1 aromatic carbocycles. The van der Waals surface area contributed by atoms with Crippen molar-refractivity contribution in [3.05, 3.63) is 53.7 Å². The average Bonchev–Trinajstić information content (AvgIpc) is 2.50. The molecular weight excluding hydrogens is 269 g/mol. The predicted octanol–water partition coefficient (Wildman–Crippen LogP) is 2.89. The maximum Gasteiger partial charge on any atom is 0.186 e. The van der Waals surface area contributed by atoms with E-state index in [0.717, 1.165) is 5.56 Å². The van der Waals surface area contributed by atoms with Crippen molar-refractivity contribution in [1.82, 2.24) is 9.97 Å². The van der Waals surface area contributed by atoms with E-state index in [1.165, 1.54) is 6.33 Å². The van der Waals surface area contributed by atoms with Crippen LogP contribution in [0.4, 0.5) is 10.2 Å². The van der Waals surface area contributed by atoms with Gasteiger partial charge in [0, 0.05) is 6.54 Å². The number of aromatic nitrogens is 2. The fraction of sp³-hybridized carbons (Fsp3) is 0.375. The first-order valence-electron chi connectivity index (χ1n) is 7.05. The van der Waals surface area contributed by atoms with E-state index in [9.17, 15) is 9.50 Å². The van der Waals surface area contributed by atoms with Crippen LogP contribution >= 0.6 is 0 Å². The third kappa shape index (κ3) is 3.76. The number of hydrogen-bond acceptors (Lipinski definition) is 4. The zero-order valence-corrected chi connectivity index (χ0v) is 12.3. The molecule has 0 bridgehead atoms. The van der Waals surface area contributed by atoms with Gasteiger partial charge in [-0.15, -0.1) is 0 Å². The van der Waals surface area contributed by atoms with Crippen molar-refractivity contribution in [3.8, 4) is 0 Å². The first kappa shape index (κ1) is 15.4. The van der Waals surface area contributed by atoms with Crippen molar-refractivity contribution in [2.45, 2.75) is 32.3 Å². The van der Waals surface area contributed by atoms with Crippen molar-refractivity contribution in [2.75, 3.05) is 11.9 Å². The smallest absolute Gasteiger partial charge is 0.186 e. The summed E-state index contributed by atoms with van der Waals surface area (Å²) in [6.07, 6.45) is 2.31. The number of aliphatic hydroxyl groups is 1. The Hall–Kier alpha value is -2.01. The lowest BCUT2D eigenvalue weighted by Crippen LogP contribution is -2.25. The highest BCUT2D eigenvalue weighted by Crippen LogP contribution is 2.24. The summed E-state index contributed by atoms with van der Waals surface area (Å²) >= 11 is 0. The van der Waals surface area contributed by atoms with Crippen LogP contribution in [0, 0.1) is 5.82 Å². The summed E-state index contributed by atoms with van der Waals surface area (Å²) in [5.41, 5.74) is 0.261. The molecule has 1 atom stereocenters. The minimum absolute atomic E-state index is 0.186. The van der Waals surface area contributed by atoms with E-state index in [1.807, 2.05) is 37.3 Å². The summed E-state index contributed by atoms with van der Waals surface area (Å²) in [5, 5.41) is 13.4. The molecule has 0 aliphatic carbocycles. The molecule has 112 valence electrons. The largest absolute Gasteiger partial charge is 0.385 e. The van der Waals surface area contributed by atoms with Gasteiger partial charge in [0.1, 0.15) is 6.33 Å². The summed E-state index contributed by atoms with van der Waals surface area (Å²) in [7, 11) is 0. The quantitative estimate of drug-likeness (QED) is 0.858. The molecular formula is C16H20FN3O. The number of benzene rings is 1. The monoisotopic (exact) mass is 289 g/mol. The van der Waals surface area contributed by atoms with Crippen LogP contribution in [-0.2, 0) is 12.0 Å². The molecule has 2 aromatic rings. The van der Waals surface area contributed by atoms with Gasteiger partial charge in [-0.1, -0.05) is 37.3 Å². The standard InChI is InChI=1S/C16H20FN3O/c1-3-13-14(17)15(20-11-19-13)18-10-9-16(2,21)12-7-5-4-6-8-12/h4-8,11,21H,3,9-10H2,1-2H3,(H,18,19,20). The maximum absolute atomic E-state index is 14.0. The van der Waals surface area contributed by atoms with Crippen molar-refractivity contribution < 1.29 is 9.50 Å². The molecule has 0 saturated heterocycles. The Labute approximate surface area is 124 Å². The Bertz CT molecular complexity index is 587. The highest BCUT2D eigenvalue weighted by atomic mass is 19.1. The minimum Gasteiger partial charge on any atom is -0.385 e. The van der Waals surface area contributed by atoms with Gasteiger partial charge in [-0.2, -0.15) is 0 Å². The van der Waals surface area contributed by atoms with E-state index >= 15 is 0 Å². The molecule has 4 nitrogen and oxygen atoms in total. The molecule has 0 spiro atoms. The second kappa shape index (κ2) is 6.63. The number of nitrogens with zero attached hydrogens (tertiary/aromatic N) is 2. The molecule has 0 fully saturated rings. The van der Waals surface area contributed by atoms with E-state index in [4.69, 9.17) is 0 Å². The lowest BCUT2D eigenvalue weighted by Gasteiger charge is -2.24. The van der Waals surface area contributed by atoms with Crippen LogP contribution in [-0.4, -0.2) is 21.6 Å². The normalized spacial score (nSPS) is 13.7. The van der Waals surface area contributed by atoms with Crippen molar-refractivity contribution in [3.63, 3.8) is 0 Å². The Kier molecular flexibility index (Phi) is 4.85. The van der Waals surface area contributed by atoms with E-state index in [2.05, 4.69) is 15.3 Å². The van der Waals surface area contributed by atoms with Crippen LogP contribution in [0.1, 0.15) is 31.5 Å². The van der Waals surface area contributed by atoms with E-state index < -0.39 is 11.4 Å². The zero-order chi connectivity index (χ0) is 15.3. The highest BCUT2D eigenvalue weighted by molar-refractivity contribution is 5.37. The molecule has 0 amide bonds. The van der Waals surface area contributed by atoms with Gasteiger partial charge in [-0.3, -0.25) is 0 Å². The predicted molar refractivity (Wildman–Crippen MR) is 80.5 cm³/mol. The third-order valence-corrected chi connectivity index (χ3v) is 3.50. The molecule has 1 aromatic heterocycles. The number of anilines is 1. The summed E-state index contributed by atoms with van der Waals surface area (Å²) in [6.45, 7) is 4.01. The van der Waals surface area contributed by atoms with Crippen LogP contribution in [0.3, 0.4) is 0 Å². The molecule has 0 radical (unpaired) electrons. The molecule has 1 heterocycles. The van der Waals surface area contributed by atoms with Gasteiger partial charge in [0.25, 0.3) is 0 Å². The number of aryl methyl sites for hydroxylation is 1. The minimum atomic E-state index is -0.967. The van der Waals surface area contributed by atoms with Crippen LogP contribution in [0.5, 0.6) is 0 Å². The summed E-state index contributed by atoms with van der Waals surface area (Å²) < 4.78 is 14.0. The maximum atomic E-state index is 14.0. The SMILES string of the molecule is CCc1ncnc(NCCC(C)(O)c2ccccc2)c1F. The summed E-state index contributed by atoms with van der Waals surface area (Å²) in [6, 6.07) is 9.42. The van der Waals surface area contributed by atoms with Crippen LogP contribution in [0.25, 0.3) is 0 Å². The number of hydrogen-bond donors (Lipinski definition) is 2. The Morgan fingerprint density at radius 2 is 1.95 bits per heavy atom. The highest BCUT2D eigenvalue weighted by Gasteiger charge is 2.22. The fourth-order valence-electron chi connectivity index (χ4n) is 2.14. The molecule has 0 saturated carbocycles. The fourth-order valence-corrected chi connectivity index (χ4v) is 2.14. The molecule has 0 aliphatic rings. The van der Waals surface area contributed by atoms with Gasteiger partial charge in [-0.25, -0.2) is 14.4 Å². The van der Waals surface area contributed by atoms with Gasteiger partial charge < -0.3 is 10.4 Å². The lowest BCUT2D eigenvalue weighted by atomic mass is 9.93. The first-order chi connectivity index (χ1) is 10.0. The summed E-state index contributed by atoms with van der Waals surface area (Å²) in [5.74, 6) is -0.231. The van der Waals surface area contributed by atoms with E-state index in [1.54, 1.807) is 6.92 Å². The molecule has 21 heavy (non-hydrogen) atoms. The summed E-state index contributed by atoms with van der Waals surface area (Å²) in [4.78, 5) is 7.79. The van der Waals surface area contributed by atoms with Crippen LogP contribution in [0.15, 0.2) is 36.7 Å². The second-order valence-electron chi connectivity index (χ2n) is 5.15. The third-order valence-electron chi connectivity index (χ3n) is 3.50. The molecule has 0 aliphatic heterocycles. The topological polar surface area (TPSA) is 58.0 Å². The number of nitrogens with one attached hydrogen (secondary N) is 1. The Balaban J connectivity index is 1.98. The lowest BCUT2D eigenvalue weighted by molar-refractivity contribution is 0.0515. The van der Waals surface area contributed by atoms with Crippen molar-refractivity contribution in [2.24, 2.45) is 0 Å². The molecule has 2 N–H and O–H groups in total. The Morgan fingerprint density at radius 1 is 1.24 bits per heavy atom. The van der Waals surface area contributed by atoms with Crippen molar-refractivity contribution >= 4 is 5.82 Å². The molecule has 1 unspecified atom stereocenters. The van der Waals surface area contributed by atoms with E-state index in [-0.39, 0.29) is 5.82 Å². The number of halogens is 1. The first-order valence-corrected chi connectivity index (χ1v) is 7.05. The van der Waals surface area contributed by atoms with Crippen LogP contribution in [0.2, 0.25) is 0 Å². The van der Waals surface area contributed by atoms with Gasteiger partial charge in [-0.05, 0) is 25.3 Å². The second-order valence-corrected chi connectivity index (χ2v) is 5.15. The van der Waals surface area contributed by atoms with Crippen LogP contribution < -0.4 is 5.32 Å². The van der Waals surface area contributed by atoms with E-state index in [0.29, 0.717) is 25.1 Å². The van der Waals surface area contributed by atoms with Gasteiger partial charge in [0.05, 0.1) is 11.3 Å². The zero-order valence-electron chi connectivity index (χ0n) is 12.3. The molecule has 5 heteroatoms. The number of rotatable bonds is 6. The average molecular weight is 289 g/mol. The Morgan fingerprint density at radius 3 is 2.62 bits per heavy atom. The van der Waals surface area contributed by atoms with Gasteiger partial charge >= 0.3 is 0 Å². The van der Waals surface area contributed by atoms with Crippen molar-refractivity contribution in [1.29, 1.82) is 0 Å². The van der Waals surface area contributed by atoms with Gasteiger partial charge in [0.2, 0.25) is 0 Å².